The van der Waals surface area contributed by atoms with Gasteiger partial charge >= 0.3 is 5.97 Å². The first-order chi connectivity index (χ1) is 17.5. The molecule has 1 N–H and O–H groups in total. The van der Waals surface area contributed by atoms with Crippen LogP contribution in [0.2, 0.25) is 0 Å². The third kappa shape index (κ3) is 5.70. The summed E-state index contributed by atoms with van der Waals surface area (Å²) in [6.45, 7) is 6.95. The summed E-state index contributed by atoms with van der Waals surface area (Å²) in [5, 5.41) is 3.43. The van der Waals surface area contributed by atoms with Crippen LogP contribution in [0.25, 0.3) is 0 Å². The maximum atomic E-state index is 13.8. The highest BCUT2D eigenvalue weighted by molar-refractivity contribution is 7.99. The van der Waals surface area contributed by atoms with Gasteiger partial charge in [-0.1, -0.05) is 62.4 Å². The van der Waals surface area contributed by atoms with Crippen molar-refractivity contribution in [1.29, 1.82) is 0 Å². The van der Waals surface area contributed by atoms with Crippen molar-refractivity contribution < 1.29 is 19.1 Å². The van der Waals surface area contributed by atoms with Crippen LogP contribution in [-0.4, -0.2) is 36.5 Å². The number of Topliss-reactive ketones (excluding diaryl/α,β-unsaturated/α-hetero) is 1. The van der Waals surface area contributed by atoms with E-state index in [1.54, 1.807) is 11.8 Å². The zero-order valence-corrected chi connectivity index (χ0v) is 22.2. The van der Waals surface area contributed by atoms with Crippen molar-refractivity contribution in [2.24, 2.45) is 0 Å². The van der Waals surface area contributed by atoms with E-state index in [0.717, 1.165) is 40.4 Å². The number of para-hydroxylation sites is 1. The van der Waals surface area contributed by atoms with E-state index in [1.807, 2.05) is 49.4 Å². The maximum Gasteiger partial charge on any atom is 0.336 e. The number of rotatable bonds is 10. The Morgan fingerprint density at radius 2 is 1.78 bits per heavy atom. The quantitative estimate of drug-likeness (QED) is 0.309. The molecule has 0 spiro atoms. The summed E-state index contributed by atoms with van der Waals surface area (Å²) >= 11 is 1.73. The summed E-state index contributed by atoms with van der Waals surface area (Å²) in [7, 11) is 0. The van der Waals surface area contributed by atoms with Crippen molar-refractivity contribution in [3.63, 3.8) is 0 Å². The normalized spacial score (nSPS) is 19.6. The number of benzene rings is 2. The van der Waals surface area contributed by atoms with E-state index in [0.29, 0.717) is 43.0 Å². The van der Waals surface area contributed by atoms with Crippen molar-refractivity contribution in [3.05, 3.63) is 88.3 Å². The second-order valence-corrected chi connectivity index (χ2v) is 10.5. The molecule has 6 heteroatoms. The van der Waals surface area contributed by atoms with Crippen LogP contribution in [0.3, 0.4) is 0 Å². The molecular formula is C30H35NO4S. The summed E-state index contributed by atoms with van der Waals surface area (Å²) in [6.07, 6.45) is 1.99. The number of thioether (sulfide) groups is 1. The van der Waals surface area contributed by atoms with Gasteiger partial charge in [-0.25, -0.2) is 4.79 Å². The minimum Gasteiger partial charge on any atom is -0.493 e. The van der Waals surface area contributed by atoms with Crippen molar-refractivity contribution in [1.82, 2.24) is 5.32 Å². The summed E-state index contributed by atoms with van der Waals surface area (Å²) in [4.78, 5) is 27.2. The van der Waals surface area contributed by atoms with Crippen LogP contribution >= 0.6 is 11.8 Å². The highest BCUT2D eigenvalue weighted by atomic mass is 32.2. The summed E-state index contributed by atoms with van der Waals surface area (Å²) < 4.78 is 11.8. The first-order valence-electron chi connectivity index (χ1n) is 12.8. The summed E-state index contributed by atoms with van der Waals surface area (Å²) in [5.41, 5.74) is 4.78. The molecule has 2 aromatic rings. The molecule has 0 saturated carbocycles. The SMILES string of the molecule is CCCOc1ccccc1[C@@H]1C(C(=O)OCCSCC)=C(C)NC2=C1C(=O)C[C@H](c1ccccc1)C2. The van der Waals surface area contributed by atoms with Crippen LogP contribution in [0.4, 0.5) is 0 Å². The Morgan fingerprint density at radius 1 is 1.03 bits per heavy atom. The Morgan fingerprint density at radius 3 is 2.53 bits per heavy atom. The number of carbonyl (C=O) groups excluding carboxylic acids is 2. The Labute approximate surface area is 218 Å². The van der Waals surface area contributed by atoms with Crippen LogP contribution < -0.4 is 10.1 Å². The molecule has 2 aliphatic rings. The smallest absolute Gasteiger partial charge is 0.336 e. The Balaban J connectivity index is 1.75. The number of nitrogens with one attached hydrogen (secondary N) is 1. The van der Waals surface area contributed by atoms with Gasteiger partial charge in [0.2, 0.25) is 0 Å². The number of allylic oxidation sites excluding steroid dienone is 3. The predicted octanol–water partition coefficient (Wildman–Crippen LogP) is 6.13. The molecule has 1 aliphatic carbocycles. The zero-order chi connectivity index (χ0) is 25.5. The fourth-order valence-corrected chi connectivity index (χ4v) is 5.55. The molecule has 0 fully saturated rings. The third-order valence-electron chi connectivity index (χ3n) is 6.68. The molecule has 5 nitrogen and oxygen atoms in total. The standard InChI is InChI=1S/C30H35NO4S/c1-4-15-34-26-14-10-9-13-23(26)28-27(30(33)35-16-17-36-5-2)20(3)31-24-18-22(19-25(32)29(24)28)21-11-7-6-8-12-21/h6-14,22,28,31H,4-5,15-19H2,1-3H3/t22-,28-/m1/s1. The van der Waals surface area contributed by atoms with Gasteiger partial charge < -0.3 is 14.8 Å². The zero-order valence-electron chi connectivity index (χ0n) is 21.3. The fraction of sp³-hybridized carbons (Fsp3) is 0.400. The number of hydrogen-bond acceptors (Lipinski definition) is 6. The van der Waals surface area contributed by atoms with Crippen LogP contribution in [0.1, 0.15) is 63.0 Å². The highest BCUT2D eigenvalue weighted by Crippen LogP contribution is 2.47. The van der Waals surface area contributed by atoms with E-state index in [-0.39, 0.29) is 17.7 Å². The predicted molar refractivity (Wildman–Crippen MR) is 145 cm³/mol. The average Bonchev–Trinajstić information content (AvgIpc) is 2.89. The molecule has 1 heterocycles. The molecule has 1 aliphatic heterocycles. The number of ketones is 1. The molecule has 0 unspecified atom stereocenters. The number of ether oxygens (including phenoxy) is 2. The molecule has 2 atom stereocenters. The highest BCUT2D eigenvalue weighted by Gasteiger charge is 2.42. The number of dihydropyridines is 1. The van der Waals surface area contributed by atoms with E-state index in [2.05, 4.69) is 31.3 Å². The molecule has 0 radical (unpaired) electrons. The lowest BCUT2D eigenvalue weighted by Gasteiger charge is -2.37. The van der Waals surface area contributed by atoms with Crippen LogP contribution in [0.15, 0.2) is 77.1 Å². The maximum absolute atomic E-state index is 13.8. The van der Waals surface area contributed by atoms with Crippen LogP contribution in [0, 0.1) is 0 Å². The lowest BCUT2D eigenvalue weighted by atomic mass is 9.71. The van der Waals surface area contributed by atoms with E-state index in [9.17, 15) is 9.59 Å². The summed E-state index contributed by atoms with van der Waals surface area (Å²) in [5.74, 6) is 1.68. The molecule has 190 valence electrons. The number of esters is 1. The van der Waals surface area contributed by atoms with Gasteiger partial charge in [-0.05, 0) is 43.1 Å². The molecular weight excluding hydrogens is 470 g/mol. The van der Waals surface area contributed by atoms with Crippen LogP contribution in [-0.2, 0) is 14.3 Å². The Hall–Kier alpha value is -2.99. The van der Waals surface area contributed by atoms with E-state index in [4.69, 9.17) is 9.47 Å². The Kier molecular flexibility index (Phi) is 8.92. The van der Waals surface area contributed by atoms with E-state index < -0.39 is 5.92 Å². The molecule has 36 heavy (non-hydrogen) atoms. The number of carbonyl (C=O) groups is 2. The van der Waals surface area contributed by atoms with Gasteiger partial charge in [-0.2, -0.15) is 11.8 Å². The van der Waals surface area contributed by atoms with Gasteiger partial charge in [0, 0.05) is 34.7 Å². The van der Waals surface area contributed by atoms with Gasteiger partial charge in [-0.3, -0.25) is 4.79 Å². The minimum atomic E-state index is -0.523. The van der Waals surface area contributed by atoms with E-state index in [1.165, 1.54) is 0 Å². The van der Waals surface area contributed by atoms with Crippen LogP contribution in [0.5, 0.6) is 5.75 Å². The second-order valence-electron chi connectivity index (χ2n) is 9.15. The van der Waals surface area contributed by atoms with Gasteiger partial charge in [0.05, 0.1) is 18.1 Å². The topological polar surface area (TPSA) is 64.6 Å². The molecule has 0 amide bonds. The summed E-state index contributed by atoms with van der Waals surface area (Å²) in [6, 6.07) is 17.9. The van der Waals surface area contributed by atoms with E-state index >= 15 is 0 Å². The van der Waals surface area contributed by atoms with Crippen molar-refractivity contribution in [2.45, 2.75) is 51.9 Å². The molecule has 4 rings (SSSR count). The second kappa shape index (κ2) is 12.3. The molecule has 0 aromatic heterocycles. The van der Waals surface area contributed by atoms with Crippen molar-refractivity contribution >= 4 is 23.5 Å². The van der Waals surface area contributed by atoms with Crippen molar-refractivity contribution in [3.8, 4) is 5.75 Å². The largest absolute Gasteiger partial charge is 0.493 e. The Bertz CT molecular complexity index is 1150. The first kappa shape index (κ1) is 26.1. The monoisotopic (exact) mass is 505 g/mol. The number of hydrogen-bond donors (Lipinski definition) is 1. The minimum absolute atomic E-state index is 0.0623. The van der Waals surface area contributed by atoms with Gasteiger partial charge in [0.25, 0.3) is 0 Å². The van der Waals surface area contributed by atoms with Gasteiger partial charge in [0.1, 0.15) is 12.4 Å². The molecule has 0 bridgehead atoms. The average molecular weight is 506 g/mol. The third-order valence-corrected chi connectivity index (χ3v) is 7.54. The van der Waals surface area contributed by atoms with Gasteiger partial charge in [0.15, 0.2) is 5.78 Å². The van der Waals surface area contributed by atoms with Gasteiger partial charge in [-0.15, -0.1) is 0 Å². The molecule has 2 aromatic carbocycles. The first-order valence-corrected chi connectivity index (χ1v) is 14.0. The lowest BCUT2D eigenvalue weighted by molar-refractivity contribution is -0.138. The van der Waals surface area contributed by atoms with Crippen molar-refractivity contribution in [2.75, 3.05) is 24.7 Å². The molecule has 0 saturated heterocycles. The fourth-order valence-electron chi connectivity index (χ4n) is 5.06. The lowest BCUT2D eigenvalue weighted by Crippen LogP contribution is -2.36.